The summed E-state index contributed by atoms with van der Waals surface area (Å²) in [6.07, 6.45) is 1.57. The lowest BCUT2D eigenvalue weighted by atomic mass is 10.2. The molecular weight excluding hydrogens is 317 g/mol. The Morgan fingerprint density at radius 3 is 2.80 bits per heavy atom. The van der Waals surface area contributed by atoms with Gasteiger partial charge in [-0.15, -0.1) is 0 Å². The third kappa shape index (κ3) is 3.56. The number of hydrogen-bond acceptors (Lipinski definition) is 5. The predicted octanol–water partition coefficient (Wildman–Crippen LogP) is 4.41. The number of ketones is 1. The van der Waals surface area contributed by atoms with E-state index in [4.69, 9.17) is 23.2 Å². The molecule has 0 unspecified atom stereocenters. The van der Waals surface area contributed by atoms with Crippen molar-refractivity contribution in [2.45, 2.75) is 13.8 Å². The van der Waals surface area contributed by atoms with Crippen LogP contribution in [-0.4, -0.2) is 17.0 Å². The summed E-state index contributed by atoms with van der Waals surface area (Å²) in [7, 11) is 0. The van der Waals surface area contributed by atoms with Crippen LogP contribution in [0.4, 0.5) is 5.13 Å². The Hall–Kier alpha value is -1.43. The first kappa shape index (κ1) is 15.0. The number of rotatable bonds is 4. The zero-order valence-corrected chi connectivity index (χ0v) is 13.1. The molecule has 20 heavy (non-hydrogen) atoms. The minimum absolute atomic E-state index is 0.00206. The van der Waals surface area contributed by atoms with E-state index in [1.165, 1.54) is 18.3 Å². The van der Waals surface area contributed by atoms with Gasteiger partial charge >= 0.3 is 0 Å². The Kier molecular flexibility index (Phi) is 4.75. The van der Waals surface area contributed by atoms with Crippen LogP contribution in [-0.2, 0) is 0 Å². The number of halogens is 2. The van der Waals surface area contributed by atoms with Crippen LogP contribution >= 0.6 is 34.5 Å². The van der Waals surface area contributed by atoms with Crippen molar-refractivity contribution < 1.29 is 4.79 Å². The zero-order chi connectivity index (χ0) is 14.7. The number of aromatic nitrogens is 1. The Balaban J connectivity index is 2.10. The van der Waals surface area contributed by atoms with E-state index < -0.39 is 0 Å². The fourth-order valence-corrected chi connectivity index (χ4v) is 2.80. The van der Waals surface area contributed by atoms with Crippen LogP contribution in [0.1, 0.15) is 27.9 Å². The van der Waals surface area contributed by atoms with Gasteiger partial charge in [0.05, 0.1) is 21.8 Å². The Morgan fingerprint density at radius 1 is 1.45 bits per heavy atom. The first-order valence-electron chi connectivity index (χ1n) is 5.70. The number of carbonyl (C=O) groups is 1. The van der Waals surface area contributed by atoms with Crippen molar-refractivity contribution >= 4 is 51.7 Å². The summed E-state index contributed by atoms with van der Waals surface area (Å²) < 4.78 is 0. The standard InChI is InChI=1S/C13H11Cl2N3OS/c1-7-12(8(2)19)20-13(17-7)18-16-6-9-3-4-10(14)5-11(9)15/h3-6H,1-2H3,(H,17,18)/b16-6+. The van der Waals surface area contributed by atoms with Crippen LogP contribution in [0, 0.1) is 6.92 Å². The number of hydrogen-bond donors (Lipinski definition) is 1. The summed E-state index contributed by atoms with van der Waals surface area (Å²) in [6.45, 7) is 3.30. The number of nitrogens with one attached hydrogen (secondary N) is 1. The molecule has 0 radical (unpaired) electrons. The van der Waals surface area contributed by atoms with Gasteiger partial charge in [0, 0.05) is 17.5 Å². The highest BCUT2D eigenvalue weighted by atomic mass is 35.5. The molecule has 2 aromatic rings. The van der Waals surface area contributed by atoms with Gasteiger partial charge in [0.2, 0.25) is 5.13 Å². The molecule has 1 aromatic heterocycles. The summed E-state index contributed by atoms with van der Waals surface area (Å²) in [5, 5.41) is 5.70. The number of carbonyl (C=O) groups excluding carboxylic acids is 1. The molecule has 0 fully saturated rings. The molecule has 0 saturated carbocycles. The van der Waals surface area contributed by atoms with E-state index in [1.54, 1.807) is 31.3 Å². The Morgan fingerprint density at radius 2 is 2.20 bits per heavy atom. The van der Waals surface area contributed by atoms with E-state index in [0.717, 1.165) is 5.56 Å². The summed E-state index contributed by atoms with van der Waals surface area (Å²) in [5.74, 6) is -0.00206. The second kappa shape index (κ2) is 6.35. The highest BCUT2D eigenvalue weighted by Crippen LogP contribution is 2.23. The fourth-order valence-electron chi connectivity index (χ4n) is 1.53. The summed E-state index contributed by atoms with van der Waals surface area (Å²) in [6, 6.07) is 5.14. The number of anilines is 1. The largest absolute Gasteiger partial charge is 0.294 e. The number of thiazole rings is 1. The van der Waals surface area contributed by atoms with Crippen molar-refractivity contribution in [3.63, 3.8) is 0 Å². The summed E-state index contributed by atoms with van der Waals surface area (Å²) in [5.41, 5.74) is 4.22. The molecule has 4 nitrogen and oxygen atoms in total. The molecule has 2 rings (SSSR count). The Labute approximate surface area is 130 Å². The number of nitrogens with zero attached hydrogens (tertiary/aromatic N) is 2. The second-order valence-corrected chi connectivity index (χ2v) is 5.87. The van der Waals surface area contributed by atoms with Gasteiger partial charge in [0.15, 0.2) is 5.78 Å². The Bertz CT molecular complexity index is 682. The van der Waals surface area contributed by atoms with Gasteiger partial charge in [-0.05, 0) is 19.1 Å². The first-order chi connectivity index (χ1) is 9.47. The quantitative estimate of drug-likeness (QED) is 0.514. The molecule has 7 heteroatoms. The van der Waals surface area contributed by atoms with Gasteiger partial charge in [-0.1, -0.05) is 40.6 Å². The molecule has 0 saturated heterocycles. The molecule has 104 valence electrons. The maximum absolute atomic E-state index is 11.3. The molecule has 0 bridgehead atoms. The minimum Gasteiger partial charge on any atom is -0.294 e. The van der Waals surface area contributed by atoms with E-state index >= 15 is 0 Å². The highest BCUT2D eigenvalue weighted by Gasteiger charge is 2.10. The van der Waals surface area contributed by atoms with Crippen molar-refractivity contribution in [3.8, 4) is 0 Å². The molecule has 0 atom stereocenters. The lowest BCUT2D eigenvalue weighted by molar-refractivity contribution is 0.102. The second-order valence-electron chi connectivity index (χ2n) is 4.03. The van der Waals surface area contributed by atoms with E-state index in [2.05, 4.69) is 15.5 Å². The van der Waals surface area contributed by atoms with Gasteiger partial charge in [-0.3, -0.25) is 10.2 Å². The lowest BCUT2D eigenvalue weighted by Crippen LogP contribution is -1.91. The first-order valence-corrected chi connectivity index (χ1v) is 7.27. The minimum atomic E-state index is -0.00206. The average Bonchev–Trinajstić information content (AvgIpc) is 2.73. The molecule has 0 aliphatic heterocycles. The molecule has 1 heterocycles. The molecule has 0 amide bonds. The third-order valence-corrected chi connectivity index (χ3v) is 4.17. The van der Waals surface area contributed by atoms with Crippen molar-refractivity contribution in [2.75, 3.05) is 5.43 Å². The number of Topliss-reactive ketones (excluding diaryl/α,β-unsaturated/α-hetero) is 1. The van der Waals surface area contributed by atoms with Crippen molar-refractivity contribution in [2.24, 2.45) is 5.10 Å². The molecular formula is C13H11Cl2N3OS. The monoisotopic (exact) mass is 327 g/mol. The molecule has 1 aromatic carbocycles. The van der Waals surface area contributed by atoms with Crippen LogP contribution in [0.25, 0.3) is 0 Å². The maximum atomic E-state index is 11.3. The third-order valence-electron chi connectivity index (χ3n) is 2.44. The van der Waals surface area contributed by atoms with Crippen molar-refractivity contribution in [1.29, 1.82) is 0 Å². The SMILES string of the molecule is CC(=O)c1sc(N/N=C/c2ccc(Cl)cc2Cl)nc1C. The van der Waals surface area contributed by atoms with Crippen LogP contribution in [0.2, 0.25) is 10.0 Å². The molecule has 0 spiro atoms. The van der Waals surface area contributed by atoms with E-state index in [-0.39, 0.29) is 5.78 Å². The van der Waals surface area contributed by atoms with Gasteiger partial charge in [0.25, 0.3) is 0 Å². The van der Waals surface area contributed by atoms with Crippen LogP contribution in [0.15, 0.2) is 23.3 Å². The van der Waals surface area contributed by atoms with Gasteiger partial charge in [-0.2, -0.15) is 5.10 Å². The molecule has 0 aliphatic rings. The van der Waals surface area contributed by atoms with Crippen LogP contribution in [0.5, 0.6) is 0 Å². The lowest BCUT2D eigenvalue weighted by Gasteiger charge is -1.98. The van der Waals surface area contributed by atoms with Crippen molar-refractivity contribution in [1.82, 2.24) is 4.98 Å². The predicted molar refractivity (Wildman–Crippen MR) is 84.5 cm³/mol. The van der Waals surface area contributed by atoms with Crippen LogP contribution < -0.4 is 5.43 Å². The zero-order valence-electron chi connectivity index (χ0n) is 10.8. The van der Waals surface area contributed by atoms with Crippen molar-refractivity contribution in [3.05, 3.63) is 44.4 Å². The smallest absolute Gasteiger partial charge is 0.204 e. The molecule has 0 aliphatic carbocycles. The van der Waals surface area contributed by atoms with Crippen LogP contribution in [0.3, 0.4) is 0 Å². The number of benzene rings is 1. The summed E-state index contributed by atoms with van der Waals surface area (Å²) in [4.78, 5) is 16.2. The topological polar surface area (TPSA) is 54.4 Å². The van der Waals surface area contributed by atoms with Gasteiger partial charge in [-0.25, -0.2) is 4.98 Å². The molecule has 1 N–H and O–H groups in total. The van der Waals surface area contributed by atoms with Gasteiger partial charge < -0.3 is 0 Å². The fraction of sp³-hybridized carbons (Fsp3) is 0.154. The summed E-state index contributed by atoms with van der Waals surface area (Å²) >= 11 is 13.1. The van der Waals surface area contributed by atoms with Gasteiger partial charge in [0.1, 0.15) is 0 Å². The van der Waals surface area contributed by atoms with E-state index in [1.807, 2.05) is 0 Å². The van der Waals surface area contributed by atoms with E-state index in [0.29, 0.717) is 25.7 Å². The normalized spacial score (nSPS) is 11.0. The number of hydrazone groups is 1. The van der Waals surface area contributed by atoms with E-state index in [9.17, 15) is 4.79 Å². The average molecular weight is 328 g/mol. The number of aryl methyl sites for hydroxylation is 1. The maximum Gasteiger partial charge on any atom is 0.204 e. The highest BCUT2D eigenvalue weighted by molar-refractivity contribution is 7.17.